The normalized spacial score (nSPS) is 30.9. The van der Waals surface area contributed by atoms with Crippen molar-refractivity contribution in [2.75, 3.05) is 6.61 Å². The quantitative estimate of drug-likeness (QED) is 0.201. The van der Waals surface area contributed by atoms with Crippen molar-refractivity contribution in [3.05, 3.63) is 12.7 Å². The van der Waals surface area contributed by atoms with Gasteiger partial charge in [0.25, 0.3) is 0 Å². The standard InChI is InChI=1S/C28H46O4/c1-8-28(20(4)5,15-19(2)3)25(30)31-11-9-10-24(29)32-26(6,7)27-16-21-12-22(17-27)14-23(13-21)18-27/h8,19-23H,1,9-18H2,2-7H3. The second kappa shape index (κ2) is 9.50. The largest absolute Gasteiger partial charge is 0.465 e. The predicted molar refractivity (Wildman–Crippen MR) is 128 cm³/mol. The molecule has 0 aromatic heterocycles. The molecule has 0 N–H and O–H groups in total. The summed E-state index contributed by atoms with van der Waals surface area (Å²) in [4.78, 5) is 25.6. The number of carbonyl (C=O) groups is 2. The van der Waals surface area contributed by atoms with Crippen molar-refractivity contribution in [2.24, 2.45) is 40.4 Å². The monoisotopic (exact) mass is 446 g/mol. The summed E-state index contributed by atoms with van der Waals surface area (Å²) in [6, 6.07) is 0. The Morgan fingerprint density at radius 3 is 2.00 bits per heavy atom. The van der Waals surface area contributed by atoms with E-state index < -0.39 is 11.0 Å². The van der Waals surface area contributed by atoms with Crippen LogP contribution in [-0.2, 0) is 19.1 Å². The van der Waals surface area contributed by atoms with Crippen LogP contribution in [0.25, 0.3) is 0 Å². The highest BCUT2D eigenvalue weighted by atomic mass is 16.6. The van der Waals surface area contributed by atoms with Crippen molar-refractivity contribution < 1.29 is 19.1 Å². The first-order chi connectivity index (χ1) is 14.9. The van der Waals surface area contributed by atoms with Crippen molar-refractivity contribution in [1.82, 2.24) is 0 Å². The van der Waals surface area contributed by atoms with E-state index >= 15 is 0 Å². The van der Waals surface area contributed by atoms with Crippen LogP contribution >= 0.6 is 0 Å². The van der Waals surface area contributed by atoms with Gasteiger partial charge in [0.2, 0.25) is 0 Å². The van der Waals surface area contributed by atoms with Crippen LogP contribution in [0.4, 0.5) is 0 Å². The third-order valence-electron chi connectivity index (χ3n) is 8.96. The van der Waals surface area contributed by atoms with Crippen molar-refractivity contribution in [1.29, 1.82) is 0 Å². The summed E-state index contributed by atoms with van der Waals surface area (Å²) in [7, 11) is 0. The van der Waals surface area contributed by atoms with E-state index in [0.29, 0.717) is 18.8 Å². The van der Waals surface area contributed by atoms with E-state index in [-0.39, 0.29) is 36.3 Å². The molecule has 0 aliphatic heterocycles. The summed E-state index contributed by atoms with van der Waals surface area (Å²) in [5.41, 5.74) is -0.944. The van der Waals surface area contributed by atoms with Crippen molar-refractivity contribution >= 4 is 11.9 Å². The van der Waals surface area contributed by atoms with Crippen LogP contribution in [0.15, 0.2) is 12.7 Å². The number of carbonyl (C=O) groups excluding carboxylic acids is 2. The summed E-state index contributed by atoms with van der Waals surface area (Å²) in [5, 5.41) is 0. The first-order valence-corrected chi connectivity index (χ1v) is 13.0. The Balaban J connectivity index is 1.49. The lowest BCUT2D eigenvalue weighted by Gasteiger charge is -2.61. The van der Waals surface area contributed by atoms with E-state index in [0.717, 1.165) is 17.8 Å². The molecule has 0 spiro atoms. The van der Waals surface area contributed by atoms with Gasteiger partial charge in [-0.3, -0.25) is 9.59 Å². The minimum absolute atomic E-state index is 0.112. The number of ether oxygens (including phenoxy) is 2. The molecule has 4 nitrogen and oxygen atoms in total. The van der Waals surface area contributed by atoms with Gasteiger partial charge in [-0.25, -0.2) is 0 Å². The fourth-order valence-corrected chi connectivity index (χ4v) is 7.44. The second-order valence-electron chi connectivity index (χ2n) is 12.4. The highest BCUT2D eigenvalue weighted by Crippen LogP contribution is 2.64. The molecule has 1 unspecified atom stereocenters. The lowest BCUT2D eigenvalue weighted by Crippen LogP contribution is -2.57. The molecule has 4 rings (SSSR count). The van der Waals surface area contributed by atoms with E-state index in [1.54, 1.807) is 6.08 Å². The Kier molecular flexibility index (Phi) is 7.52. The molecule has 4 aliphatic carbocycles. The molecule has 1 atom stereocenters. The third-order valence-corrected chi connectivity index (χ3v) is 8.96. The maximum Gasteiger partial charge on any atom is 0.316 e. The number of hydrogen-bond acceptors (Lipinski definition) is 4. The van der Waals surface area contributed by atoms with E-state index in [1.807, 2.05) is 13.8 Å². The fraction of sp³-hybridized carbons (Fsp3) is 0.857. The average Bonchev–Trinajstić information content (AvgIpc) is 2.67. The lowest BCUT2D eigenvalue weighted by molar-refractivity contribution is -0.199. The van der Waals surface area contributed by atoms with Gasteiger partial charge in [-0.05, 0) is 94.8 Å². The van der Waals surface area contributed by atoms with E-state index in [9.17, 15) is 9.59 Å². The molecular weight excluding hydrogens is 400 g/mol. The first kappa shape index (κ1) is 25.3. The number of hydrogen-bond donors (Lipinski definition) is 0. The number of rotatable bonds is 11. The minimum atomic E-state index is -0.671. The molecule has 182 valence electrons. The van der Waals surface area contributed by atoms with Gasteiger partial charge in [0, 0.05) is 11.8 Å². The Morgan fingerprint density at radius 2 is 1.56 bits per heavy atom. The molecule has 0 aromatic carbocycles. The van der Waals surface area contributed by atoms with Gasteiger partial charge >= 0.3 is 11.9 Å². The van der Waals surface area contributed by atoms with Crippen molar-refractivity contribution in [2.45, 2.75) is 105 Å². The van der Waals surface area contributed by atoms with Crippen LogP contribution in [0.1, 0.15) is 99.3 Å². The van der Waals surface area contributed by atoms with E-state index in [2.05, 4.69) is 34.3 Å². The van der Waals surface area contributed by atoms with Gasteiger partial charge in [-0.15, -0.1) is 6.58 Å². The van der Waals surface area contributed by atoms with Gasteiger partial charge in [0.05, 0.1) is 12.0 Å². The molecule has 0 amide bonds. The summed E-state index contributed by atoms with van der Waals surface area (Å²) in [6.07, 6.45) is 11.0. The van der Waals surface area contributed by atoms with Gasteiger partial charge < -0.3 is 9.47 Å². The van der Waals surface area contributed by atoms with Crippen LogP contribution in [0, 0.1) is 40.4 Å². The molecular formula is C28H46O4. The summed E-state index contributed by atoms with van der Waals surface area (Å²) in [5.74, 6) is 2.58. The third kappa shape index (κ3) is 4.94. The Labute approximate surface area is 195 Å². The smallest absolute Gasteiger partial charge is 0.316 e. The molecule has 4 aliphatic rings. The van der Waals surface area contributed by atoms with Crippen molar-refractivity contribution in [3.63, 3.8) is 0 Å². The molecule has 4 saturated carbocycles. The molecule has 0 heterocycles. The van der Waals surface area contributed by atoms with Crippen LogP contribution < -0.4 is 0 Å². The predicted octanol–water partition coefficient (Wildman–Crippen LogP) is 6.72. The highest BCUT2D eigenvalue weighted by Gasteiger charge is 2.58. The SMILES string of the molecule is C=CC(CC(C)C)(C(=O)OCCCC(=O)OC(C)(C)C12CC3CC(CC(C3)C1)C2)C(C)C. The van der Waals surface area contributed by atoms with Crippen LogP contribution in [-0.4, -0.2) is 24.1 Å². The van der Waals surface area contributed by atoms with Gasteiger partial charge in [-0.2, -0.15) is 0 Å². The molecule has 0 aromatic rings. The summed E-state index contributed by atoms with van der Waals surface area (Å²) in [6.45, 7) is 16.7. The van der Waals surface area contributed by atoms with E-state index in [4.69, 9.17) is 9.47 Å². The Hall–Kier alpha value is -1.32. The van der Waals surface area contributed by atoms with E-state index in [1.165, 1.54) is 38.5 Å². The Bertz CT molecular complexity index is 669. The molecule has 0 saturated heterocycles. The molecule has 32 heavy (non-hydrogen) atoms. The average molecular weight is 447 g/mol. The van der Waals surface area contributed by atoms with Gasteiger partial charge in [-0.1, -0.05) is 33.8 Å². The maximum atomic E-state index is 12.9. The topological polar surface area (TPSA) is 52.6 Å². The zero-order chi connectivity index (χ0) is 23.7. The summed E-state index contributed by atoms with van der Waals surface area (Å²) >= 11 is 0. The van der Waals surface area contributed by atoms with Crippen LogP contribution in [0.5, 0.6) is 0 Å². The molecule has 4 fully saturated rings. The zero-order valence-corrected chi connectivity index (χ0v) is 21.4. The zero-order valence-electron chi connectivity index (χ0n) is 21.4. The van der Waals surface area contributed by atoms with Gasteiger partial charge in [0.1, 0.15) is 5.60 Å². The maximum absolute atomic E-state index is 12.9. The van der Waals surface area contributed by atoms with Gasteiger partial charge in [0.15, 0.2) is 0 Å². The molecule has 4 heteroatoms. The minimum Gasteiger partial charge on any atom is -0.465 e. The molecule has 0 radical (unpaired) electrons. The van der Waals surface area contributed by atoms with Crippen molar-refractivity contribution in [3.8, 4) is 0 Å². The van der Waals surface area contributed by atoms with Crippen LogP contribution in [0.2, 0.25) is 0 Å². The molecule has 4 bridgehead atoms. The lowest BCUT2D eigenvalue weighted by atomic mass is 9.46. The first-order valence-electron chi connectivity index (χ1n) is 13.0. The fourth-order valence-electron chi connectivity index (χ4n) is 7.44. The highest BCUT2D eigenvalue weighted by molar-refractivity contribution is 5.79. The second-order valence-corrected chi connectivity index (χ2v) is 12.4. The summed E-state index contributed by atoms with van der Waals surface area (Å²) < 4.78 is 11.7. The number of esters is 2. The van der Waals surface area contributed by atoms with Crippen LogP contribution in [0.3, 0.4) is 0 Å². The Morgan fingerprint density at radius 1 is 1.03 bits per heavy atom.